The Morgan fingerprint density at radius 1 is 1.43 bits per heavy atom. The topological polar surface area (TPSA) is 92.1 Å². The Hall–Kier alpha value is -1.03. The molecule has 0 unspecified atom stereocenters. The molecule has 0 bridgehead atoms. The van der Waals surface area contributed by atoms with Crippen LogP contribution in [0.3, 0.4) is 0 Å². The molecule has 0 spiro atoms. The van der Waals surface area contributed by atoms with Crippen molar-refractivity contribution in [1.29, 1.82) is 0 Å². The quantitative estimate of drug-likeness (QED) is 0.590. The molecule has 8 nitrogen and oxygen atoms in total. The van der Waals surface area contributed by atoms with E-state index in [0.29, 0.717) is 25.0 Å². The Balaban J connectivity index is 2.41. The summed E-state index contributed by atoms with van der Waals surface area (Å²) in [5.41, 5.74) is 0. The van der Waals surface area contributed by atoms with Crippen LogP contribution in [0.4, 0.5) is 0 Å². The third-order valence-corrected chi connectivity index (χ3v) is 4.57. The second-order valence-electron chi connectivity index (χ2n) is 5.14. The third kappa shape index (κ3) is 6.08. The predicted molar refractivity (Wildman–Crippen MR) is 81.8 cm³/mol. The summed E-state index contributed by atoms with van der Waals surface area (Å²) < 4.78 is 29.8. The summed E-state index contributed by atoms with van der Waals surface area (Å²) in [6.07, 6.45) is 2.35. The molecule has 1 heterocycles. The van der Waals surface area contributed by atoms with Crippen LogP contribution < -0.4 is 10.0 Å². The van der Waals surface area contributed by atoms with Crippen molar-refractivity contribution >= 4 is 10.2 Å². The zero-order chi connectivity index (χ0) is 15.9. The molecule has 0 amide bonds. The highest BCUT2D eigenvalue weighted by Gasteiger charge is 2.17. The van der Waals surface area contributed by atoms with Crippen LogP contribution in [0, 0.1) is 0 Å². The van der Waals surface area contributed by atoms with Gasteiger partial charge in [0.25, 0.3) is 10.2 Å². The summed E-state index contributed by atoms with van der Waals surface area (Å²) >= 11 is 0. The fourth-order valence-electron chi connectivity index (χ4n) is 1.76. The molecule has 1 aromatic rings. The lowest BCUT2D eigenvalue weighted by Gasteiger charge is -2.18. The lowest BCUT2D eigenvalue weighted by atomic mass is 10.3. The van der Waals surface area contributed by atoms with Crippen LogP contribution in [0.25, 0.3) is 0 Å². The summed E-state index contributed by atoms with van der Waals surface area (Å²) in [4.78, 5) is 0. The van der Waals surface area contributed by atoms with Crippen molar-refractivity contribution in [3.05, 3.63) is 12.2 Å². The molecule has 0 aliphatic rings. The normalized spacial score (nSPS) is 12.5. The molecule has 122 valence electrons. The van der Waals surface area contributed by atoms with Crippen molar-refractivity contribution < 1.29 is 8.42 Å². The zero-order valence-electron chi connectivity index (χ0n) is 13.2. The molecule has 9 heteroatoms. The van der Waals surface area contributed by atoms with Crippen LogP contribution in [-0.4, -0.2) is 53.7 Å². The van der Waals surface area contributed by atoms with Gasteiger partial charge in [0.1, 0.15) is 12.2 Å². The van der Waals surface area contributed by atoms with Gasteiger partial charge < -0.3 is 9.88 Å². The summed E-state index contributed by atoms with van der Waals surface area (Å²) in [7, 11) is -1.92. The average Bonchev–Trinajstić information content (AvgIpc) is 2.88. The van der Waals surface area contributed by atoms with E-state index in [1.807, 2.05) is 6.92 Å². The maximum absolute atomic E-state index is 12.1. The molecule has 0 saturated carbocycles. The summed E-state index contributed by atoms with van der Waals surface area (Å²) in [6, 6.07) is 0.408. The Kier molecular flexibility index (Phi) is 7.23. The van der Waals surface area contributed by atoms with E-state index in [4.69, 9.17) is 0 Å². The van der Waals surface area contributed by atoms with Crippen LogP contribution in [0.1, 0.15) is 33.0 Å². The van der Waals surface area contributed by atoms with E-state index in [9.17, 15) is 8.42 Å². The largest absolute Gasteiger partial charge is 0.317 e. The highest BCUT2D eigenvalue weighted by atomic mass is 32.2. The van der Waals surface area contributed by atoms with Gasteiger partial charge in [-0.3, -0.25) is 0 Å². The molecule has 21 heavy (non-hydrogen) atoms. The van der Waals surface area contributed by atoms with Gasteiger partial charge in [-0.15, -0.1) is 10.2 Å². The van der Waals surface area contributed by atoms with Crippen molar-refractivity contribution in [2.24, 2.45) is 0 Å². The molecule has 0 radical (unpaired) electrons. The first-order valence-electron chi connectivity index (χ1n) is 7.17. The lowest BCUT2D eigenvalue weighted by Crippen LogP contribution is -2.39. The van der Waals surface area contributed by atoms with Crippen molar-refractivity contribution in [3.8, 4) is 0 Å². The molecule has 0 atom stereocenters. The minimum atomic E-state index is -3.49. The van der Waals surface area contributed by atoms with Gasteiger partial charge in [-0.25, -0.2) is 0 Å². The molecular formula is C12H26N6O2S. The van der Waals surface area contributed by atoms with Gasteiger partial charge >= 0.3 is 0 Å². The number of aryl methyl sites for hydroxylation is 1. The van der Waals surface area contributed by atoms with Gasteiger partial charge in [0.05, 0.1) is 6.54 Å². The standard InChI is InChI=1S/C12H26N6O2S/c1-5-18-10-14-16-12(18)9-15-21(19,20)17(4)8-6-7-13-11(2)3/h10-11,13,15H,5-9H2,1-4H3. The zero-order valence-corrected chi connectivity index (χ0v) is 14.0. The average molecular weight is 318 g/mol. The van der Waals surface area contributed by atoms with Crippen LogP contribution in [0.5, 0.6) is 0 Å². The number of nitrogens with zero attached hydrogens (tertiary/aromatic N) is 4. The smallest absolute Gasteiger partial charge is 0.279 e. The maximum atomic E-state index is 12.1. The van der Waals surface area contributed by atoms with Crippen LogP contribution in [0.2, 0.25) is 0 Å². The number of rotatable bonds is 10. The number of nitrogens with one attached hydrogen (secondary N) is 2. The minimum Gasteiger partial charge on any atom is -0.317 e. The van der Waals surface area contributed by atoms with Crippen molar-refractivity contribution in [3.63, 3.8) is 0 Å². The second-order valence-corrected chi connectivity index (χ2v) is 7.01. The van der Waals surface area contributed by atoms with Crippen molar-refractivity contribution in [2.45, 2.75) is 46.3 Å². The van der Waals surface area contributed by atoms with Crippen molar-refractivity contribution in [2.75, 3.05) is 20.1 Å². The number of aromatic nitrogens is 3. The SMILES string of the molecule is CCn1cnnc1CNS(=O)(=O)N(C)CCCNC(C)C. The third-order valence-electron chi connectivity index (χ3n) is 3.06. The number of hydrogen-bond acceptors (Lipinski definition) is 5. The predicted octanol–water partition coefficient (Wildman–Crippen LogP) is -0.0477. The molecule has 0 aliphatic heterocycles. The molecule has 1 rings (SSSR count). The van der Waals surface area contributed by atoms with Crippen LogP contribution in [0.15, 0.2) is 6.33 Å². The van der Waals surface area contributed by atoms with Gasteiger partial charge in [-0.1, -0.05) is 13.8 Å². The van der Waals surface area contributed by atoms with Gasteiger partial charge in [0, 0.05) is 26.2 Å². The van der Waals surface area contributed by atoms with E-state index in [2.05, 4.69) is 34.1 Å². The van der Waals surface area contributed by atoms with E-state index in [0.717, 1.165) is 13.0 Å². The minimum absolute atomic E-state index is 0.144. The monoisotopic (exact) mass is 318 g/mol. The Morgan fingerprint density at radius 2 is 2.14 bits per heavy atom. The van der Waals surface area contributed by atoms with E-state index < -0.39 is 10.2 Å². The Morgan fingerprint density at radius 3 is 2.76 bits per heavy atom. The fourth-order valence-corrected chi connectivity index (χ4v) is 2.66. The molecule has 0 saturated heterocycles. The lowest BCUT2D eigenvalue weighted by molar-refractivity contribution is 0.437. The van der Waals surface area contributed by atoms with E-state index in [1.54, 1.807) is 17.9 Å². The summed E-state index contributed by atoms with van der Waals surface area (Å²) in [5.74, 6) is 0.607. The van der Waals surface area contributed by atoms with E-state index in [1.165, 1.54) is 4.31 Å². The highest BCUT2D eigenvalue weighted by Crippen LogP contribution is 1.99. The summed E-state index contributed by atoms with van der Waals surface area (Å²) in [6.45, 7) is 8.19. The molecular weight excluding hydrogens is 292 g/mol. The number of hydrogen-bond donors (Lipinski definition) is 2. The van der Waals surface area contributed by atoms with E-state index >= 15 is 0 Å². The van der Waals surface area contributed by atoms with E-state index in [-0.39, 0.29) is 6.54 Å². The molecule has 2 N–H and O–H groups in total. The van der Waals surface area contributed by atoms with Gasteiger partial charge in [0.2, 0.25) is 0 Å². The van der Waals surface area contributed by atoms with Gasteiger partial charge in [-0.2, -0.15) is 17.4 Å². The first-order chi connectivity index (χ1) is 9.86. The molecule has 0 aliphatic carbocycles. The van der Waals surface area contributed by atoms with Crippen molar-refractivity contribution in [1.82, 2.24) is 29.1 Å². The van der Waals surface area contributed by atoms with Gasteiger partial charge in [0.15, 0.2) is 0 Å². The Bertz CT molecular complexity index is 514. The second kappa shape index (κ2) is 8.42. The highest BCUT2D eigenvalue weighted by molar-refractivity contribution is 7.87. The van der Waals surface area contributed by atoms with Gasteiger partial charge in [-0.05, 0) is 19.9 Å². The summed E-state index contributed by atoms with van der Waals surface area (Å²) in [5, 5.41) is 10.9. The first-order valence-corrected chi connectivity index (χ1v) is 8.61. The fraction of sp³-hybridized carbons (Fsp3) is 0.833. The Labute approximate surface area is 127 Å². The maximum Gasteiger partial charge on any atom is 0.279 e. The first kappa shape index (κ1) is 18.0. The molecule has 1 aromatic heterocycles. The molecule has 0 aromatic carbocycles. The van der Waals surface area contributed by atoms with Crippen LogP contribution in [-0.2, 0) is 23.3 Å². The van der Waals surface area contributed by atoms with Crippen LogP contribution >= 0.6 is 0 Å². The molecule has 0 fully saturated rings.